The number of methoxy groups -OCH3 is 1. The number of alkyl halides is 5. The maximum atomic E-state index is 14.0. The van der Waals surface area contributed by atoms with E-state index in [1.807, 2.05) is 30.3 Å². The maximum absolute atomic E-state index is 14.0. The summed E-state index contributed by atoms with van der Waals surface area (Å²) in [4.78, 5) is 18.8. The quantitative estimate of drug-likeness (QED) is 0.546. The molecule has 1 N–H and O–H groups in total. The number of hydrogen-bond donors (Lipinski definition) is 1. The lowest BCUT2D eigenvalue weighted by Crippen LogP contribution is -2.43. The fraction of sp³-hybridized carbons (Fsp3) is 0.520. The summed E-state index contributed by atoms with van der Waals surface area (Å²) < 4.78 is 72.8. The molecule has 1 aliphatic heterocycles. The second kappa shape index (κ2) is 10.1. The summed E-state index contributed by atoms with van der Waals surface area (Å²) in [7, 11) is 1.34. The lowest BCUT2D eigenvalue weighted by molar-refractivity contribution is -0.144. The summed E-state index contributed by atoms with van der Waals surface area (Å²) in [5.41, 5.74) is 0.203. The van der Waals surface area contributed by atoms with Crippen molar-refractivity contribution in [3.63, 3.8) is 0 Å². The molecule has 2 aromatic rings. The molecule has 0 radical (unpaired) electrons. The number of likely N-dealkylation sites (tertiary alicyclic amines) is 1. The molecule has 2 fully saturated rings. The first-order chi connectivity index (χ1) is 16.6. The van der Waals surface area contributed by atoms with Crippen LogP contribution in [0.2, 0.25) is 0 Å². The van der Waals surface area contributed by atoms with Crippen LogP contribution in [-0.2, 0) is 17.5 Å². The Kier molecular flexibility index (Phi) is 7.30. The smallest absolute Gasteiger partial charge is 0.417 e. The number of carbonyl (C=O) groups is 1. The summed E-state index contributed by atoms with van der Waals surface area (Å²) in [6, 6.07) is 9.53. The first-order valence-electron chi connectivity index (χ1n) is 11.7. The zero-order valence-corrected chi connectivity index (χ0v) is 19.3. The van der Waals surface area contributed by atoms with Gasteiger partial charge < -0.3 is 15.0 Å². The number of nitrogens with one attached hydrogen (secondary N) is 1. The predicted octanol–water partition coefficient (Wildman–Crippen LogP) is 5.37. The summed E-state index contributed by atoms with van der Waals surface area (Å²) in [6.07, 6.45) is -3.20. The fourth-order valence-electron chi connectivity index (χ4n) is 5.14. The van der Waals surface area contributed by atoms with Crippen LogP contribution in [0.15, 0.2) is 42.6 Å². The molecule has 35 heavy (non-hydrogen) atoms. The molecule has 4 rings (SSSR count). The van der Waals surface area contributed by atoms with Gasteiger partial charge in [0.1, 0.15) is 0 Å². The molecular formula is C25H28F5N3O2. The number of hydrogen-bond acceptors (Lipinski definition) is 4. The van der Waals surface area contributed by atoms with Gasteiger partial charge in [-0.3, -0.25) is 4.79 Å². The van der Waals surface area contributed by atoms with Crippen LogP contribution in [0.4, 0.5) is 22.0 Å². The van der Waals surface area contributed by atoms with Crippen LogP contribution in [0.5, 0.6) is 5.88 Å². The van der Waals surface area contributed by atoms with Crippen molar-refractivity contribution in [3.05, 3.63) is 59.3 Å². The van der Waals surface area contributed by atoms with Gasteiger partial charge in [-0.25, -0.2) is 13.8 Å². The van der Waals surface area contributed by atoms with E-state index < -0.39 is 36.0 Å². The highest BCUT2D eigenvalue weighted by Crippen LogP contribution is 2.41. The third-order valence-electron chi connectivity index (χ3n) is 6.81. The second-order valence-corrected chi connectivity index (χ2v) is 9.20. The number of amides is 1. The highest BCUT2D eigenvalue weighted by molar-refractivity contribution is 5.80. The van der Waals surface area contributed by atoms with Gasteiger partial charge in [0.2, 0.25) is 17.7 Å². The number of halogens is 5. The zero-order chi connectivity index (χ0) is 25.2. The molecule has 1 amide bonds. The molecule has 1 aliphatic carbocycles. The SMILES string of the molecule is COc1ncc(C(F)(F)F)cc1CNC1CCN(C(=O)C2CCCC(F)(F)C2)C1c1ccccc1. The van der Waals surface area contributed by atoms with E-state index in [0.29, 0.717) is 25.8 Å². The highest BCUT2D eigenvalue weighted by atomic mass is 19.4. The lowest BCUT2D eigenvalue weighted by atomic mass is 9.85. The number of pyridine rings is 1. The standard InChI is InChI=1S/C25H28F5N3O2/c1-35-22-18(12-19(15-32-22)25(28,29)30)14-31-20-9-11-33(21(20)16-6-3-2-4-7-16)23(34)17-8-5-10-24(26,27)13-17/h2-4,6-7,12,15,17,20-21,31H,5,8-11,13-14H2,1H3. The number of benzene rings is 1. The molecule has 2 aliphatic rings. The van der Waals surface area contributed by atoms with Crippen molar-refractivity contribution < 1.29 is 31.5 Å². The third kappa shape index (κ3) is 5.74. The molecule has 5 nitrogen and oxygen atoms in total. The van der Waals surface area contributed by atoms with Crippen molar-refractivity contribution in [2.75, 3.05) is 13.7 Å². The van der Waals surface area contributed by atoms with Gasteiger partial charge in [0.05, 0.1) is 18.7 Å². The van der Waals surface area contributed by atoms with Crippen molar-refractivity contribution in [1.82, 2.24) is 15.2 Å². The van der Waals surface area contributed by atoms with Crippen LogP contribution in [0.1, 0.15) is 54.8 Å². The number of ether oxygens (including phenoxy) is 1. The minimum atomic E-state index is -4.54. The average Bonchev–Trinajstić information content (AvgIpc) is 3.25. The van der Waals surface area contributed by atoms with Crippen LogP contribution in [-0.4, -0.2) is 41.4 Å². The Morgan fingerprint density at radius 3 is 2.63 bits per heavy atom. The van der Waals surface area contributed by atoms with E-state index in [1.54, 1.807) is 4.90 Å². The number of aromatic nitrogens is 1. The van der Waals surface area contributed by atoms with E-state index in [4.69, 9.17) is 4.74 Å². The van der Waals surface area contributed by atoms with Gasteiger partial charge in [-0.1, -0.05) is 30.3 Å². The molecule has 190 valence electrons. The Bertz CT molecular complexity index is 1030. The van der Waals surface area contributed by atoms with E-state index in [0.717, 1.165) is 17.8 Å². The van der Waals surface area contributed by atoms with Crippen molar-refractivity contribution in [2.45, 2.75) is 62.8 Å². The van der Waals surface area contributed by atoms with E-state index >= 15 is 0 Å². The monoisotopic (exact) mass is 497 g/mol. The van der Waals surface area contributed by atoms with Crippen LogP contribution in [0.25, 0.3) is 0 Å². The molecule has 0 spiro atoms. The van der Waals surface area contributed by atoms with Crippen molar-refractivity contribution in [3.8, 4) is 5.88 Å². The minimum Gasteiger partial charge on any atom is -0.481 e. The Hall–Kier alpha value is -2.75. The Morgan fingerprint density at radius 1 is 1.23 bits per heavy atom. The Morgan fingerprint density at radius 2 is 1.97 bits per heavy atom. The predicted molar refractivity (Wildman–Crippen MR) is 119 cm³/mol. The third-order valence-corrected chi connectivity index (χ3v) is 6.81. The van der Waals surface area contributed by atoms with Gasteiger partial charge in [0.25, 0.3) is 0 Å². The van der Waals surface area contributed by atoms with Gasteiger partial charge in [-0.05, 0) is 30.9 Å². The van der Waals surface area contributed by atoms with Crippen LogP contribution < -0.4 is 10.1 Å². The zero-order valence-electron chi connectivity index (χ0n) is 19.3. The molecule has 1 aromatic carbocycles. The van der Waals surface area contributed by atoms with Gasteiger partial charge >= 0.3 is 6.18 Å². The number of carbonyl (C=O) groups excluding carboxylic acids is 1. The number of rotatable bonds is 6. The van der Waals surface area contributed by atoms with Gasteiger partial charge in [0, 0.05) is 49.7 Å². The van der Waals surface area contributed by atoms with Gasteiger partial charge in [-0.2, -0.15) is 13.2 Å². The van der Waals surface area contributed by atoms with Gasteiger partial charge in [-0.15, -0.1) is 0 Å². The van der Waals surface area contributed by atoms with Crippen molar-refractivity contribution in [1.29, 1.82) is 0 Å². The largest absolute Gasteiger partial charge is 0.481 e. The van der Waals surface area contributed by atoms with Crippen LogP contribution in [0, 0.1) is 5.92 Å². The molecule has 3 unspecified atom stereocenters. The van der Waals surface area contributed by atoms with Crippen molar-refractivity contribution in [2.24, 2.45) is 5.92 Å². The second-order valence-electron chi connectivity index (χ2n) is 9.20. The van der Waals surface area contributed by atoms with E-state index in [-0.39, 0.29) is 36.4 Å². The minimum absolute atomic E-state index is 0.0393. The average molecular weight is 498 g/mol. The Labute approximate surface area is 200 Å². The van der Waals surface area contributed by atoms with Crippen molar-refractivity contribution >= 4 is 5.91 Å². The topological polar surface area (TPSA) is 54.5 Å². The molecule has 0 bridgehead atoms. The molecule has 1 saturated heterocycles. The van der Waals surface area contributed by atoms with Gasteiger partial charge in [0.15, 0.2) is 0 Å². The first-order valence-corrected chi connectivity index (χ1v) is 11.7. The molecule has 1 aromatic heterocycles. The van der Waals surface area contributed by atoms with Crippen LogP contribution in [0.3, 0.4) is 0 Å². The molecule has 2 heterocycles. The fourth-order valence-corrected chi connectivity index (χ4v) is 5.14. The number of nitrogens with zero attached hydrogens (tertiary/aromatic N) is 2. The molecule has 1 saturated carbocycles. The molecular weight excluding hydrogens is 469 g/mol. The lowest BCUT2D eigenvalue weighted by Gasteiger charge is -2.35. The summed E-state index contributed by atoms with van der Waals surface area (Å²) in [5.74, 6) is -3.79. The first kappa shape index (κ1) is 25.3. The van der Waals surface area contributed by atoms with E-state index in [2.05, 4.69) is 10.3 Å². The molecule has 3 atom stereocenters. The summed E-state index contributed by atoms with van der Waals surface area (Å²) in [6.45, 7) is 0.410. The summed E-state index contributed by atoms with van der Waals surface area (Å²) >= 11 is 0. The summed E-state index contributed by atoms with van der Waals surface area (Å²) in [5, 5.41) is 3.27. The van der Waals surface area contributed by atoms with E-state index in [9.17, 15) is 26.7 Å². The maximum Gasteiger partial charge on any atom is 0.417 e. The van der Waals surface area contributed by atoms with E-state index in [1.165, 1.54) is 7.11 Å². The van der Waals surface area contributed by atoms with Crippen LogP contribution >= 0.6 is 0 Å². The normalized spacial score (nSPS) is 24.4. The molecule has 10 heteroatoms. The highest BCUT2D eigenvalue weighted by Gasteiger charge is 2.45. The Balaban J connectivity index is 1.56.